The summed E-state index contributed by atoms with van der Waals surface area (Å²) in [6.07, 6.45) is 15.0. The molecule has 2 aliphatic rings. The van der Waals surface area contributed by atoms with Gasteiger partial charge in [-0.3, -0.25) is 0 Å². The van der Waals surface area contributed by atoms with Crippen LogP contribution >= 0.6 is 0 Å². The molecule has 4 heteroatoms. The quantitative estimate of drug-likeness (QED) is 0.113. The third-order valence-electron chi connectivity index (χ3n) is 12.0. The van der Waals surface area contributed by atoms with Crippen molar-refractivity contribution in [2.24, 2.45) is 0 Å². The molecule has 304 valence electrons. The molecule has 0 saturated heterocycles. The van der Waals surface area contributed by atoms with Gasteiger partial charge in [0.2, 0.25) is 0 Å². The van der Waals surface area contributed by atoms with Crippen LogP contribution in [-0.2, 0) is 13.0 Å². The third-order valence-corrected chi connectivity index (χ3v) is 12.0. The summed E-state index contributed by atoms with van der Waals surface area (Å²) in [5.74, 6) is 7.45. The predicted molar refractivity (Wildman–Crippen MR) is 268 cm³/mol. The van der Waals surface area contributed by atoms with Crippen molar-refractivity contribution >= 4 is 55.6 Å². The fourth-order valence-electron chi connectivity index (χ4n) is 9.21. The lowest BCUT2D eigenvalue weighted by Crippen LogP contribution is -2.18. The molecule has 0 spiro atoms. The van der Waals surface area contributed by atoms with Crippen LogP contribution in [0.2, 0.25) is 0 Å². The van der Waals surface area contributed by atoms with Crippen LogP contribution in [0.3, 0.4) is 0 Å². The van der Waals surface area contributed by atoms with E-state index in [0.717, 1.165) is 75.3 Å². The Bertz CT molecular complexity index is 3290. The minimum Gasteiger partial charge on any atom is -0.320 e. The van der Waals surface area contributed by atoms with Gasteiger partial charge in [-0.25, -0.2) is 4.98 Å². The van der Waals surface area contributed by atoms with Crippen LogP contribution in [0.15, 0.2) is 201 Å². The van der Waals surface area contributed by atoms with Crippen molar-refractivity contribution in [1.29, 1.82) is 0 Å². The lowest BCUT2D eigenvalue weighted by Gasteiger charge is -2.33. The smallest absolute Gasteiger partial charge is 0.141 e. The first kappa shape index (κ1) is 39.3. The summed E-state index contributed by atoms with van der Waals surface area (Å²) in [6.45, 7) is 8.60. The van der Waals surface area contributed by atoms with E-state index in [0.29, 0.717) is 6.54 Å². The first-order chi connectivity index (χ1) is 31.2. The van der Waals surface area contributed by atoms with Crippen molar-refractivity contribution in [2.45, 2.75) is 39.7 Å². The van der Waals surface area contributed by atoms with E-state index < -0.39 is 0 Å². The average molecular weight is 813 g/mol. The van der Waals surface area contributed by atoms with E-state index in [-0.39, 0.29) is 0 Å². The molecule has 0 radical (unpaired) electrons. The highest BCUT2D eigenvalue weighted by Crippen LogP contribution is 2.45. The number of allylic oxidation sites excluding steroid dienone is 7. The number of rotatable bonds is 8. The van der Waals surface area contributed by atoms with Gasteiger partial charge >= 0.3 is 0 Å². The van der Waals surface area contributed by atoms with Gasteiger partial charge in [0.15, 0.2) is 0 Å². The molecule has 0 fully saturated rings. The fourth-order valence-corrected chi connectivity index (χ4v) is 9.21. The van der Waals surface area contributed by atoms with E-state index in [1.807, 2.05) is 26.0 Å². The topological polar surface area (TPSA) is 26.0 Å². The van der Waals surface area contributed by atoms with Gasteiger partial charge in [0.1, 0.15) is 5.82 Å². The number of benzene rings is 7. The third kappa shape index (κ3) is 7.28. The van der Waals surface area contributed by atoms with Crippen molar-refractivity contribution in [2.75, 3.05) is 4.90 Å². The van der Waals surface area contributed by atoms with E-state index in [1.165, 1.54) is 44.3 Å². The van der Waals surface area contributed by atoms with Gasteiger partial charge < -0.3 is 14.0 Å². The molecule has 0 saturated carbocycles. The van der Waals surface area contributed by atoms with E-state index in [2.05, 4.69) is 214 Å². The first-order valence-corrected chi connectivity index (χ1v) is 22.0. The monoisotopic (exact) mass is 812 g/mol. The van der Waals surface area contributed by atoms with Crippen molar-refractivity contribution < 1.29 is 0 Å². The molecule has 63 heavy (non-hydrogen) atoms. The summed E-state index contributed by atoms with van der Waals surface area (Å²) >= 11 is 0. The van der Waals surface area contributed by atoms with Crippen LogP contribution in [0.1, 0.15) is 37.8 Å². The number of anilines is 3. The molecule has 0 amide bonds. The maximum atomic E-state index is 5.28. The molecule has 0 bridgehead atoms. The molecule has 11 rings (SSSR count). The maximum Gasteiger partial charge on any atom is 0.141 e. The number of aromatic nitrogens is 3. The van der Waals surface area contributed by atoms with E-state index in [4.69, 9.17) is 4.98 Å². The minimum absolute atomic E-state index is 0.677. The van der Waals surface area contributed by atoms with Crippen molar-refractivity contribution in [1.82, 2.24) is 14.1 Å². The van der Waals surface area contributed by atoms with Gasteiger partial charge in [0, 0.05) is 64.9 Å². The molecule has 1 aliphatic heterocycles. The van der Waals surface area contributed by atoms with Crippen LogP contribution in [0.5, 0.6) is 0 Å². The van der Waals surface area contributed by atoms with Gasteiger partial charge in [0.25, 0.3) is 0 Å². The number of nitrogens with zero attached hydrogens (tertiary/aromatic N) is 4. The Balaban J connectivity index is 0.00000232. The molecule has 7 aromatic carbocycles. The summed E-state index contributed by atoms with van der Waals surface area (Å²) in [7, 11) is 0. The van der Waals surface area contributed by atoms with Crippen LogP contribution in [-0.4, -0.2) is 14.1 Å². The van der Waals surface area contributed by atoms with E-state index in [1.54, 1.807) is 0 Å². The summed E-state index contributed by atoms with van der Waals surface area (Å²) in [4.78, 5) is 7.68. The number of hydrogen-bond donors (Lipinski definition) is 0. The second-order valence-electron chi connectivity index (χ2n) is 15.7. The average Bonchev–Trinajstić information content (AvgIpc) is 3.87. The number of fused-ring (bicyclic) bond motifs is 6. The van der Waals surface area contributed by atoms with Crippen LogP contribution in [0.25, 0.3) is 72.2 Å². The molecular weight excluding hydrogens is 765 g/mol. The standard InChI is InChI=1S/C57H42N4.C2H6/c1-2-3-17-34-59-56-27-16-12-23-51(56)58-57(59)46-37-44(40-28-31-48(32-29-40)60-52-24-13-9-18-42(52)35-43-19-10-14-25-53(43)60)36-45(38-46)41-30-33-55-50(39-41)49-22-11-15-26-54(49)61(55)47-20-7-5-4-6-8-21-47;1-2/h2-3,7,9-33,36-39H,1,5,8,34-35H2;1-2H3/b17-3-,20-7-,47-21+;. The zero-order valence-electron chi connectivity index (χ0n) is 35.8. The molecule has 3 heterocycles. The normalized spacial score (nSPS) is 14.4. The number of hydrogen-bond acceptors (Lipinski definition) is 2. The van der Waals surface area contributed by atoms with Crippen molar-refractivity contribution in [3.63, 3.8) is 0 Å². The molecular formula is C59H48N4. The summed E-state index contributed by atoms with van der Waals surface area (Å²) in [5.41, 5.74) is 17.5. The lowest BCUT2D eigenvalue weighted by atomic mass is 9.93. The zero-order valence-corrected chi connectivity index (χ0v) is 35.8. The van der Waals surface area contributed by atoms with Gasteiger partial charge in [0.05, 0.1) is 22.1 Å². The molecule has 2 aromatic heterocycles. The molecule has 9 aromatic rings. The first-order valence-electron chi connectivity index (χ1n) is 22.0. The Morgan fingerprint density at radius 3 is 2.02 bits per heavy atom. The predicted octanol–water partition coefficient (Wildman–Crippen LogP) is 15.5. The SMILES string of the molecule is C=C/C=C\Cn1c(-c2cc(-c3ccc(N4c5ccccc5Cc5ccccc54)cc3)cc(-c3ccc4c(c3)c3ccccc3n4C3=C/CC#CC/C=C\3)c2)nc2ccccc21.CC. The highest BCUT2D eigenvalue weighted by atomic mass is 15.2. The Kier molecular flexibility index (Phi) is 10.8. The van der Waals surface area contributed by atoms with Gasteiger partial charge in [-0.2, -0.15) is 0 Å². The fraction of sp³-hybridized carbons (Fsp3) is 0.102. The van der Waals surface area contributed by atoms with Gasteiger partial charge in [-0.15, -0.1) is 0 Å². The van der Waals surface area contributed by atoms with Gasteiger partial charge in [-0.1, -0.05) is 142 Å². The Morgan fingerprint density at radius 2 is 1.24 bits per heavy atom. The van der Waals surface area contributed by atoms with Gasteiger partial charge in [-0.05, 0) is 118 Å². The van der Waals surface area contributed by atoms with Crippen molar-refractivity contribution in [3.05, 3.63) is 212 Å². The summed E-state index contributed by atoms with van der Waals surface area (Å²) in [5, 5.41) is 2.45. The van der Waals surface area contributed by atoms with Crippen LogP contribution in [0.4, 0.5) is 17.1 Å². The van der Waals surface area contributed by atoms with Crippen LogP contribution < -0.4 is 4.90 Å². The second-order valence-corrected chi connectivity index (χ2v) is 15.7. The Morgan fingerprint density at radius 1 is 0.603 bits per heavy atom. The van der Waals surface area contributed by atoms with E-state index >= 15 is 0 Å². The molecule has 1 aliphatic carbocycles. The zero-order chi connectivity index (χ0) is 42.7. The molecule has 0 unspecified atom stereocenters. The number of para-hydroxylation sites is 5. The molecule has 0 N–H and O–H groups in total. The minimum atomic E-state index is 0.677. The van der Waals surface area contributed by atoms with E-state index in [9.17, 15) is 0 Å². The Labute approximate surface area is 370 Å². The highest BCUT2D eigenvalue weighted by molar-refractivity contribution is 6.11. The summed E-state index contributed by atoms with van der Waals surface area (Å²) < 4.78 is 4.70. The highest BCUT2D eigenvalue weighted by Gasteiger charge is 2.24. The molecule has 0 atom stereocenters. The number of imidazole rings is 1. The Hall–Kier alpha value is -7.87. The maximum absolute atomic E-state index is 5.28. The lowest BCUT2D eigenvalue weighted by molar-refractivity contribution is 0.860. The molecule has 4 nitrogen and oxygen atoms in total. The second kappa shape index (κ2) is 17.2. The van der Waals surface area contributed by atoms with Crippen molar-refractivity contribution in [3.8, 4) is 45.5 Å². The van der Waals surface area contributed by atoms with Crippen LogP contribution in [0, 0.1) is 11.8 Å². The summed E-state index contributed by atoms with van der Waals surface area (Å²) in [6, 6.07) is 57.6. The largest absolute Gasteiger partial charge is 0.320 e.